The zero-order valence-corrected chi connectivity index (χ0v) is 21.1. The molecule has 1 amide bonds. The van der Waals surface area contributed by atoms with Crippen LogP contribution in [0.25, 0.3) is 10.9 Å². The highest BCUT2D eigenvalue weighted by Gasteiger charge is 2.25. The lowest BCUT2D eigenvalue weighted by molar-refractivity contribution is 0.0724. The van der Waals surface area contributed by atoms with Gasteiger partial charge < -0.3 is 24.0 Å². The van der Waals surface area contributed by atoms with Crippen LogP contribution in [0, 0.1) is 12.7 Å². The van der Waals surface area contributed by atoms with Gasteiger partial charge in [-0.15, -0.1) is 11.3 Å². The van der Waals surface area contributed by atoms with E-state index in [1.54, 1.807) is 16.3 Å². The number of carbonyl (C=O) groups excluding carboxylic acids is 1. The van der Waals surface area contributed by atoms with Crippen LogP contribution in [-0.2, 0) is 17.8 Å². The Hall–Kier alpha value is -3.76. The van der Waals surface area contributed by atoms with E-state index < -0.39 is 0 Å². The van der Waals surface area contributed by atoms with E-state index in [2.05, 4.69) is 9.88 Å². The average molecular weight is 521 g/mol. The number of amides is 1. The summed E-state index contributed by atoms with van der Waals surface area (Å²) in [6.45, 7) is 5.22. The molecule has 8 nitrogen and oxygen atoms in total. The van der Waals surface area contributed by atoms with Gasteiger partial charge in [0.05, 0.1) is 30.3 Å². The monoisotopic (exact) mass is 520 g/mol. The number of pyridine rings is 1. The van der Waals surface area contributed by atoms with Gasteiger partial charge >= 0.3 is 0 Å². The van der Waals surface area contributed by atoms with E-state index in [4.69, 9.17) is 19.2 Å². The Morgan fingerprint density at radius 1 is 1.05 bits per heavy atom. The molecule has 0 N–H and O–H groups in total. The van der Waals surface area contributed by atoms with Crippen LogP contribution in [0.5, 0.6) is 11.5 Å². The molecule has 0 unspecified atom stereocenters. The fraction of sp³-hybridized carbons (Fsp3) is 0.296. The number of rotatable bonds is 6. The first-order valence-corrected chi connectivity index (χ1v) is 12.9. The number of hydrogen-bond donors (Lipinski definition) is 0. The molecule has 0 radical (unpaired) electrons. The molecular weight excluding hydrogens is 495 g/mol. The number of aryl methyl sites for hydroxylation is 1. The lowest BCUT2D eigenvalue weighted by atomic mass is 10.1. The Bertz CT molecular complexity index is 1470. The Balaban J connectivity index is 1.39. The average Bonchev–Trinajstić information content (AvgIpc) is 3.56. The molecule has 4 heterocycles. The lowest BCUT2D eigenvalue weighted by Crippen LogP contribution is -2.38. The van der Waals surface area contributed by atoms with Gasteiger partial charge in [-0.3, -0.25) is 4.79 Å². The number of ether oxygens (including phenoxy) is 3. The molecule has 0 spiro atoms. The molecule has 2 aliphatic heterocycles. The van der Waals surface area contributed by atoms with Crippen molar-refractivity contribution in [1.29, 1.82) is 0 Å². The molecule has 2 aliphatic rings. The van der Waals surface area contributed by atoms with Crippen LogP contribution < -0.4 is 14.4 Å². The summed E-state index contributed by atoms with van der Waals surface area (Å²) in [6, 6.07) is 12.3. The molecule has 0 aliphatic carbocycles. The van der Waals surface area contributed by atoms with E-state index in [-0.39, 0.29) is 18.5 Å². The molecule has 2 aromatic carbocycles. The van der Waals surface area contributed by atoms with Crippen molar-refractivity contribution in [3.8, 4) is 11.5 Å². The highest BCUT2D eigenvalue weighted by Crippen LogP contribution is 2.34. The van der Waals surface area contributed by atoms with Crippen LogP contribution in [0.4, 0.5) is 10.2 Å². The van der Waals surface area contributed by atoms with Crippen molar-refractivity contribution in [3.05, 3.63) is 75.5 Å². The highest BCUT2D eigenvalue weighted by atomic mass is 32.1. The van der Waals surface area contributed by atoms with E-state index in [1.165, 1.54) is 23.5 Å². The molecule has 0 atom stereocenters. The van der Waals surface area contributed by atoms with Crippen molar-refractivity contribution in [2.45, 2.75) is 20.0 Å². The summed E-state index contributed by atoms with van der Waals surface area (Å²) in [5.74, 6) is 1.59. The fourth-order valence-corrected chi connectivity index (χ4v) is 5.21. The normalized spacial score (nSPS) is 14.8. The largest absolute Gasteiger partial charge is 0.454 e. The quantitative estimate of drug-likeness (QED) is 0.369. The molecule has 1 saturated heterocycles. The molecular formula is C27H25FN4O4S. The smallest absolute Gasteiger partial charge is 0.273 e. The molecule has 190 valence electrons. The van der Waals surface area contributed by atoms with Gasteiger partial charge in [0.25, 0.3) is 5.91 Å². The first-order valence-electron chi connectivity index (χ1n) is 12.1. The number of anilines is 1. The second-order valence-corrected chi connectivity index (χ2v) is 10.1. The van der Waals surface area contributed by atoms with Crippen molar-refractivity contribution >= 4 is 34.0 Å². The number of halogens is 1. The van der Waals surface area contributed by atoms with Crippen molar-refractivity contribution in [2.24, 2.45) is 0 Å². The number of aromatic nitrogens is 2. The third-order valence-corrected chi connectivity index (χ3v) is 7.22. The van der Waals surface area contributed by atoms with E-state index in [0.717, 1.165) is 27.3 Å². The van der Waals surface area contributed by atoms with Crippen LogP contribution in [0.3, 0.4) is 0 Å². The van der Waals surface area contributed by atoms with Crippen LogP contribution in [-0.4, -0.2) is 53.9 Å². The zero-order chi connectivity index (χ0) is 25.4. The summed E-state index contributed by atoms with van der Waals surface area (Å²) in [5.41, 5.74) is 2.77. The van der Waals surface area contributed by atoms with Gasteiger partial charge in [0, 0.05) is 42.0 Å². The van der Waals surface area contributed by atoms with Gasteiger partial charge in [0.2, 0.25) is 6.79 Å². The maximum Gasteiger partial charge on any atom is 0.273 e. The summed E-state index contributed by atoms with van der Waals surface area (Å²) < 4.78 is 30.5. The number of thiazole rings is 1. The molecule has 10 heteroatoms. The molecule has 0 saturated carbocycles. The third kappa shape index (κ3) is 4.94. The van der Waals surface area contributed by atoms with E-state index in [0.29, 0.717) is 62.1 Å². The maximum atomic E-state index is 14.0. The number of nitrogens with zero attached hydrogens (tertiary/aromatic N) is 4. The highest BCUT2D eigenvalue weighted by molar-refractivity contribution is 7.09. The summed E-state index contributed by atoms with van der Waals surface area (Å²) in [7, 11) is 0. The molecule has 0 bridgehead atoms. The molecule has 4 aromatic rings. The lowest BCUT2D eigenvalue weighted by Gasteiger charge is -2.31. The van der Waals surface area contributed by atoms with Gasteiger partial charge in [-0.05, 0) is 42.8 Å². The van der Waals surface area contributed by atoms with Crippen LogP contribution >= 0.6 is 11.3 Å². The van der Waals surface area contributed by atoms with Gasteiger partial charge in [-0.25, -0.2) is 14.4 Å². The summed E-state index contributed by atoms with van der Waals surface area (Å²) in [6.07, 6.45) is 0. The zero-order valence-electron chi connectivity index (χ0n) is 20.3. The van der Waals surface area contributed by atoms with Gasteiger partial charge in [-0.2, -0.15) is 0 Å². The predicted molar refractivity (Wildman–Crippen MR) is 138 cm³/mol. The first kappa shape index (κ1) is 23.6. The topological polar surface area (TPSA) is 77.0 Å². The summed E-state index contributed by atoms with van der Waals surface area (Å²) >= 11 is 1.44. The number of carbonyl (C=O) groups is 1. The van der Waals surface area contributed by atoms with Crippen molar-refractivity contribution in [3.63, 3.8) is 0 Å². The minimum atomic E-state index is -0.334. The van der Waals surface area contributed by atoms with Gasteiger partial charge in [0.15, 0.2) is 11.5 Å². The maximum absolute atomic E-state index is 14.0. The van der Waals surface area contributed by atoms with Gasteiger partial charge in [-0.1, -0.05) is 6.07 Å². The number of fused-ring (bicyclic) bond motifs is 2. The third-order valence-electron chi connectivity index (χ3n) is 6.44. The second-order valence-electron chi connectivity index (χ2n) is 9.01. The van der Waals surface area contributed by atoms with Crippen LogP contribution in [0.15, 0.2) is 47.8 Å². The van der Waals surface area contributed by atoms with Crippen molar-refractivity contribution in [1.82, 2.24) is 14.9 Å². The Morgan fingerprint density at radius 3 is 2.70 bits per heavy atom. The van der Waals surface area contributed by atoms with E-state index >= 15 is 0 Å². The summed E-state index contributed by atoms with van der Waals surface area (Å²) in [4.78, 5) is 26.9. The van der Waals surface area contributed by atoms with Crippen molar-refractivity contribution < 1.29 is 23.4 Å². The van der Waals surface area contributed by atoms with Crippen molar-refractivity contribution in [2.75, 3.05) is 38.0 Å². The van der Waals surface area contributed by atoms with E-state index in [1.807, 2.05) is 31.2 Å². The van der Waals surface area contributed by atoms with Crippen LogP contribution in [0.1, 0.15) is 26.6 Å². The molecule has 2 aromatic heterocycles. The van der Waals surface area contributed by atoms with E-state index in [9.17, 15) is 9.18 Å². The molecule has 6 rings (SSSR count). The summed E-state index contributed by atoms with van der Waals surface area (Å²) in [5, 5.41) is 3.43. The SMILES string of the molecule is Cc1nc(C(=O)N(Cc2ccc3c(c2)OCO3)Cc2cc3ccc(F)cc3nc2N2CCOCC2)cs1. The Morgan fingerprint density at radius 2 is 1.89 bits per heavy atom. The Kier molecular flexibility index (Phi) is 6.35. The number of morpholine rings is 1. The predicted octanol–water partition coefficient (Wildman–Crippen LogP) is 4.55. The number of benzene rings is 2. The molecule has 1 fully saturated rings. The minimum Gasteiger partial charge on any atom is -0.454 e. The number of hydrogen-bond acceptors (Lipinski definition) is 8. The van der Waals surface area contributed by atoms with Gasteiger partial charge in [0.1, 0.15) is 17.3 Å². The second kappa shape index (κ2) is 9.95. The van der Waals surface area contributed by atoms with Crippen LogP contribution in [0.2, 0.25) is 0 Å². The standard InChI is InChI=1S/C27H25FN4O4S/c1-17-29-23(15-37-17)27(33)32(13-18-2-5-24-25(10-18)36-16-35-24)14-20-11-19-3-4-21(28)12-22(19)30-26(20)31-6-8-34-9-7-31/h2-5,10-12,15H,6-9,13-14,16H2,1H3. The minimum absolute atomic E-state index is 0.172. The first-order chi connectivity index (χ1) is 18.0. The Labute approximate surface area is 217 Å². The molecule has 37 heavy (non-hydrogen) atoms. The fourth-order valence-electron chi connectivity index (χ4n) is 4.63.